The van der Waals surface area contributed by atoms with Crippen molar-refractivity contribution in [3.63, 3.8) is 0 Å². The van der Waals surface area contributed by atoms with Crippen molar-refractivity contribution in [2.45, 2.75) is 6.18 Å². The molecule has 0 spiro atoms. The molecular weight excluding hydrogens is 269 g/mol. The molecule has 0 aliphatic heterocycles. The summed E-state index contributed by atoms with van der Waals surface area (Å²) in [5.41, 5.74) is -2.13. The lowest BCUT2D eigenvalue weighted by molar-refractivity contribution is -0.0634. The van der Waals surface area contributed by atoms with Gasteiger partial charge in [-0.05, 0) is 0 Å². The third-order valence-electron chi connectivity index (χ3n) is 2.40. The predicted octanol–water partition coefficient (Wildman–Crippen LogP) is 0.926. The molecule has 96 valence electrons. The smallest absolute Gasteiger partial charge is 0.192 e. The third kappa shape index (κ3) is 2.43. The van der Waals surface area contributed by atoms with Gasteiger partial charge in [0, 0.05) is 16.5 Å². The normalized spacial score (nSPS) is 9.75. The highest BCUT2D eigenvalue weighted by Crippen LogP contribution is 2.17. The van der Waals surface area contributed by atoms with Gasteiger partial charge in [-0.25, -0.2) is 0 Å². The van der Waals surface area contributed by atoms with Crippen LogP contribution >= 0.6 is 0 Å². The van der Waals surface area contributed by atoms with E-state index >= 15 is 0 Å². The molecule has 7 heteroatoms. The molecule has 0 atom stereocenters. The van der Waals surface area contributed by atoms with E-state index in [-0.39, 0.29) is 11.3 Å². The number of hydrogen-bond donors (Lipinski definition) is 0. The van der Waals surface area contributed by atoms with Crippen LogP contribution < -0.4 is 10.4 Å². The lowest BCUT2D eigenvalue weighted by Crippen LogP contribution is -2.27. The highest BCUT2D eigenvalue weighted by atomic mass is 19.4. The van der Waals surface area contributed by atoms with E-state index in [0.717, 1.165) is 0 Å². The molecule has 0 saturated heterocycles. The molecule has 0 unspecified atom stereocenters. The molecule has 0 N–H and O–H groups in total. The van der Waals surface area contributed by atoms with E-state index < -0.39 is 33.6 Å². The minimum Gasteiger partial charge on any atom is -0.192 e. The molecule has 1 aromatic rings. The van der Waals surface area contributed by atoms with E-state index in [0.29, 0.717) is 0 Å². The summed E-state index contributed by atoms with van der Waals surface area (Å²) < 4.78 is 37.5. The van der Waals surface area contributed by atoms with E-state index in [1.54, 1.807) is 0 Å². The van der Waals surface area contributed by atoms with E-state index in [9.17, 15) is 13.2 Å². The number of hydrogen-bond acceptors (Lipinski definition) is 4. The number of benzene rings is 1. The molecule has 0 aromatic heterocycles. The molecule has 0 amide bonds. The summed E-state index contributed by atoms with van der Waals surface area (Å²) in [5, 5.41) is 34.6. The van der Waals surface area contributed by atoms with Crippen LogP contribution in [0, 0.1) is 45.3 Å². The zero-order valence-electron chi connectivity index (χ0n) is 9.71. The van der Waals surface area contributed by atoms with Gasteiger partial charge < -0.3 is 0 Å². The minimum atomic E-state index is -4.81. The molecule has 4 nitrogen and oxygen atoms in total. The SMILES string of the molecule is C=c1c(C#N)c(C#N)c(=CC(F)(F)F)c(C#N)c1C#N. The molecule has 0 heterocycles. The zero-order chi connectivity index (χ0) is 15.5. The van der Waals surface area contributed by atoms with Crippen LogP contribution in [0.5, 0.6) is 0 Å². The second-order valence-electron chi connectivity index (χ2n) is 3.53. The van der Waals surface area contributed by atoms with Crippen molar-refractivity contribution in [3.05, 3.63) is 32.7 Å². The van der Waals surface area contributed by atoms with Crippen molar-refractivity contribution < 1.29 is 13.2 Å². The van der Waals surface area contributed by atoms with Crippen molar-refractivity contribution in [1.29, 1.82) is 21.0 Å². The van der Waals surface area contributed by atoms with Crippen molar-refractivity contribution in [1.82, 2.24) is 0 Å². The lowest BCUT2D eigenvalue weighted by atomic mass is 9.94. The van der Waals surface area contributed by atoms with E-state index in [1.165, 1.54) is 24.3 Å². The summed E-state index contributed by atoms with van der Waals surface area (Å²) in [6, 6.07) is 5.97. The van der Waals surface area contributed by atoms with Gasteiger partial charge >= 0.3 is 6.18 Å². The average molecular weight is 272 g/mol. The molecule has 0 saturated carbocycles. The highest BCUT2D eigenvalue weighted by molar-refractivity contribution is 5.62. The number of nitriles is 4. The van der Waals surface area contributed by atoms with Crippen LogP contribution in [-0.4, -0.2) is 6.18 Å². The molecule has 0 radical (unpaired) electrons. The fourth-order valence-corrected chi connectivity index (χ4v) is 1.61. The van der Waals surface area contributed by atoms with Gasteiger partial charge in [-0.1, -0.05) is 6.58 Å². The average Bonchev–Trinajstić information content (AvgIpc) is 2.37. The Morgan fingerprint density at radius 1 is 0.800 bits per heavy atom. The summed E-state index contributed by atoms with van der Waals surface area (Å²) in [4.78, 5) is 0. The molecule has 1 aromatic carbocycles. The van der Waals surface area contributed by atoms with E-state index in [2.05, 4.69) is 6.58 Å². The fourth-order valence-electron chi connectivity index (χ4n) is 1.61. The van der Waals surface area contributed by atoms with Gasteiger partial charge in [-0.2, -0.15) is 34.2 Å². The zero-order valence-corrected chi connectivity index (χ0v) is 9.71. The Hall–Kier alpha value is -3.29. The Morgan fingerprint density at radius 2 is 1.15 bits per heavy atom. The second-order valence-corrected chi connectivity index (χ2v) is 3.53. The summed E-state index contributed by atoms with van der Waals surface area (Å²) >= 11 is 0. The molecule has 0 bridgehead atoms. The van der Waals surface area contributed by atoms with Crippen LogP contribution in [0.1, 0.15) is 22.3 Å². The maximum atomic E-state index is 12.5. The maximum absolute atomic E-state index is 12.5. The molecule has 0 fully saturated rings. The van der Waals surface area contributed by atoms with Crippen molar-refractivity contribution in [2.75, 3.05) is 0 Å². The molecular formula is C13H3F3N4. The lowest BCUT2D eigenvalue weighted by Gasteiger charge is -2.05. The highest BCUT2D eigenvalue weighted by Gasteiger charge is 2.26. The third-order valence-corrected chi connectivity index (χ3v) is 2.40. The number of nitrogens with zero attached hydrogens (tertiary/aromatic N) is 4. The Balaban J connectivity index is 4.26. The number of halogens is 3. The van der Waals surface area contributed by atoms with Gasteiger partial charge in [0.15, 0.2) is 0 Å². The summed E-state index contributed by atoms with van der Waals surface area (Å²) in [6.07, 6.45) is -5.08. The second kappa shape index (κ2) is 5.14. The Kier molecular flexibility index (Phi) is 3.80. The predicted molar refractivity (Wildman–Crippen MR) is 60.6 cm³/mol. The monoisotopic (exact) mass is 272 g/mol. The molecule has 0 aliphatic rings. The number of rotatable bonds is 0. The van der Waals surface area contributed by atoms with Crippen molar-refractivity contribution >= 4 is 12.7 Å². The Labute approximate surface area is 111 Å². The maximum Gasteiger partial charge on any atom is 0.410 e. The van der Waals surface area contributed by atoms with Gasteiger partial charge in [-0.3, -0.25) is 0 Å². The minimum absolute atomic E-state index is 0.234. The van der Waals surface area contributed by atoms with Gasteiger partial charge in [0.1, 0.15) is 24.3 Å². The van der Waals surface area contributed by atoms with Gasteiger partial charge in [0.2, 0.25) is 0 Å². The Bertz CT molecular complexity index is 793. The first-order chi connectivity index (χ1) is 9.30. The van der Waals surface area contributed by atoms with Crippen LogP contribution in [-0.2, 0) is 0 Å². The van der Waals surface area contributed by atoms with E-state index in [4.69, 9.17) is 21.0 Å². The summed E-state index contributed by atoms with van der Waals surface area (Å²) in [5.74, 6) is 0. The number of alkyl halides is 3. The first-order valence-electron chi connectivity index (χ1n) is 4.89. The van der Waals surface area contributed by atoms with Crippen LogP contribution in [0.25, 0.3) is 12.7 Å². The molecule has 1 rings (SSSR count). The van der Waals surface area contributed by atoms with Crippen molar-refractivity contribution in [3.8, 4) is 24.3 Å². The Morgan fingerprint density at radius 3 is 1.40 bits per heavy atom. The van der Waals surface area contributed by atoms with Crippen LogP contribution in [0.3, 0.4) is 0 Å². The first-order valence-corrected chi connectivity index (χ1v) is 4.89. The fraction of sp³-hybridized carbons (Fsp3) is 0.0769. The standard InChI is InChI=1S/C13H3F3N4/c1-7-9(3-17)11(5-19)8(2-13(14,15)16)12(6-20)10(7)4-18/h2H,1H2. The van der Waals surface area contributed by atoms with Crippen LogP contribution in [0.2, 0.25) is 0 Å². The topological polar surface area (TPSA) is 95.2 Å². The summed E-state index contributed by atoms with van der Waals surface area (Å²) in [6.45, 7) is 3.37. The van der Waals surface area contributed by atoms with E-state index in [1.807, 2.05) is 0 Å². The first kappa shape index (κ1) is 14.8. The molecule has 0 aliphatic carbocycles. The van der Waals surface area contributed by atoms with Gasteiger partial charge in [0.05, 0.1) is 22.3 Å². The van der Waals surface area contributed by atoms with Crippen LogP contribution in [0.4, 0.5) is 13.2 Å². The van der Waals surface area contributed by atoms with Gasteiger partial charge in [0.25, 0.3) is 0 Å². The molecule has 20 heavy (non-hydrogen) atoms. The van der Waals surface area contributed by atoms with Crippen molar-refractivity contribution in [2.24, 2.45) is 0 Å². The summed E-state index contributed by atoms with van der Waals surface area (Å²) in [7, 11) is 0. The largest absolute Gasteiger partial charge is 0.410 e. The van der Waals surface area contributed by atoms with Crippen LogP contribution in [0.15, 0.2) is 0 Å². The quantitative estimate of drug-likeness (QED) is 0.701. The van der Waals surface area contributed by atoms with Gasteiger partial charge in [-0.15, -0.1) is 0 Å².